The number of nitrogens with zero attached hydrogens (tertiary/aromatic N) is 3. The Morgan fingerprint density at radius 2 is 1.71 bits per heavy atom. The van der Waals surface area contributed by atoms with Gasteiger partial charge in [0.2, 0.25) is 0 Å². The summed E-state index contributed by atoms with van der Waals surface area (Å²) in [5.74, 6) is -1.52. The van der Waals surface area contributed by atoms with Crippen LogP contribution in [-0.2, 0) is 4.79 Å². The summed E-state index contributed by atoms with van der Waals surface area (Å²) in [6, 6.07) is 9.45. The van der Waals surface area contributed by atoms with Crippen molar-refractivity contribution in [3.05, 3.63) is 47.5 Å². The first-order valence-electron chi connectivity index (χ1n) is 13.0. The molecule has 5 N–H and O–H groups in total. The average Bonchev–Trinajstić information content (AvgIpc) is 2.85. The number of carbonyl (C=O) groups is 1. The summed E-state index contributed by atoms with van der Waals surface area (Å²) in [6.07, 6.45) is 0. The van der Waals surface area contributed by atoms with E-state index in [-0.39, 0.29) is 34.9 Å². The van der Waals surface area contributed by atoms with E-state index in [1.54, 1.807) is 38.1 Å². The van der Waals surface area contributed by atoms with Crippen LogP contribution < -0.4 is 15.0 Å². The molecule has 0 radical (unpaired) electrons. The molecule has 1 heterocycles. The molecule has 38 heavy (non-hydrogen) atoms. The summed E-state index contributed by atoms with van der Waals surface area (Å²) >= 11 is 0. The number of phenols is 2. The highest BCUT2D eigenvalue weighted by Gasteiger charge is 2.29. The Bertz CT molecular complexity index is 1160. The van der Waals surface area contributed by atoms with Crippen LogP contribution in [0, 0.1) is 10.8 Å². The number of carbonyl (C=O) groups excluding carboxylic acids is 1. The predicted octanol–water partition coefficient (Wildman–Crippen LogP) is 3.18. The van der Waals surface area contributed by atoms with Gasteiger partial charge in [-0.05, 0) is 50.6 Å². The molecule has 1 aliphatic rings. The summed E-state index contributed by atoms with van der Waals surface area (Å²) in [7, 11) is 2.11. The first-order valence-corrected chi connectivity index (χ1v) is 13.0. The summed E-state index contributed by atoms with van der Waals surface area (Å²) in [5.41, 5.74) is 0.955. The lowest BCUT2D eigenvalue weighted by Crippen LogP contribution is -2.48. The van der Waals surface area contributed by atoms with Gasteiger partial charge < -0.3 is 25.2 Å². The molecule has 0 aliphatic carbocycles. The van der Waals surface area contributed by atoms with Gasteiger partial charge in [0.25, 0.3) is 5.91 Å². The maximum atomic E-state index is 12.9. The molecule has 0 spiro atoms. The predicted molar refractivity (Wildman–Crippen MR) is 150 cm³/mol. The lowest BCUT2D eigenvalue weighted by Gasteiger charge is -2.32. The molecule has 1 amide bonds. The normalized spacial score (nSPS) is 14.5. The number of anilines is 1. The van der Waals surface area contributed by atoms with Crippen LogP contribution in [0.1, 0.15) is 44.7 Å². The lowest BCUT2D eigenvalue weighted by atomic mass is 9.98. The van der Waals surface area contributed by atoms with Crippen LogP contribution in [-0.4, -0.2) is 90.0 Å². The van der Waals surface area contributed by atoms with Gasteiger partial charge >= 0.3 is 0 Å². The van der Waals surface area contributed by atoms with Crippen molar-refractivity contribution in [1.82, 2.24) is 15.1 Å². The Kier molecular flexibility index (Phi) is 9.71. The van der Waals surface area contributed by atoms with E-state index in [0.717, 1.165) is 32.7 Å². The average molecular weight is 525 g/mol. The van der Waals surface area contributed by atoms with Crippen molar-refractivity contribution in [3.63, 3.8) is 0 Å². The minimum Gasteiger partial charge on any atom is -0.508 e. The minimum absolute atomic E-state index is 0.0792. The van der Waals surface area contributed by atoms with Crippen molar-refractivity contribution in [1.29, 1.82) is 10.8 Å². The monoisotopic (exact) mass is 524 g/mol. The lowest BCUT2D eigenvalue weighted by molar-refractivity contribution is -0.115. The van der Waals surface area contributed by atoms with E-state index in [1.165, 1.54) is 17.0 Å². The zero-order valence-electron chi connectivity index (χ0n) is 22.9. The van der Waals surface area contributed by atoms with Gasteiger partial charge in [0.05, 0.1) is 11.3 Å². The number of hydrogen-bond acceptors (Lipinski definition) is 8. The van der Waals surface area contributed by atoms with Crippen molar-refractivity contribution in [3.8, 4) is 17.2 Å². The number of benzene rings is 2. The standard InChI is InChI=1S/C28H40N6O4/c1-18(2)20-16-21(24(36)17-23(20)35)26(29)34(27(30)28(37)31-19(3)4)22-8-6-7-9-25(22)38-15-14-33-12-10-32(5)11-13-33/h6-9,16-19,29-30,35-36H,10-15H2,1-5H3,(H,31,37). The SMILES string of the molecule is CC(C)NC(=O)C(=N)N(C(=N)c1cc(C(C)C)c(O)cc1O)c1ccccc1OCCN1CCN(C)CC1. The summed E-state index contributed by atoms with van der Waals surface area (Å²) in [5, 5.41) is 41.4. The molecular formula is C28H40N6O4. The zero-order valence-corrected chi connectivity index (χ0v) is 22.9. The van der Waals surface area contributed by atoms with Gasteiger partial charge in [-0.15, -0.1) is 0 Å². The number of amidine groups is 2. The highest BCUT2D eigenvalue weighted by molar-refractivity contribution is 6.48. The first kappa shape index (κ1) is 28.9. The number of ether oxygens (including phenoxy) is 1. The second-order valence-electron chi connectivity index (χ2n) is 10.2. The van der Waals surface area contributed by atoms with E-state index < -0.39 is 11.7 Å². The van der Waals surface area contributed by atoms with Crippen LogP contribution in [0.2, 0.25) is 0 Å². The van der Waals surface area contributed by atoms with Gasteiger partial charge in [0.15, 0.2) is 5.84 Å². The summed E-state index contributed by atoms with van der Waals surface area (Å²) in [6.45, 7) is 12.4. The highest BCUT2D eigenvalue weighted by Crippen LogP contribution is 2.35. The van der Waals surface area contributed by atoms with E-state index in [9.17, 15) is 15.0 Å². The van der Waals surface area contributed by atoms with Crippen LogP contribution in [0.5, 0.6) is 17.2 Å². The number of phenolic OH excluding ortho intramolecular Hbond substituents is 2. The molecule has 10 nitrogen and oxygen atoms in total. The van der Waals surface area contributed by atoms with Crippen molar-refractivity contribution in [2.75, 3.05) is 51.3 Å². The number of piperazine rings is 1. The molecule has 1 saturated heterocycles. The molecule has 0 bridgehead atoms. The fourth-order valence-electron chi connectivity index (χ4n) is 4.27. The number of rotatable bonds is 8. The highest BCUT2D eigenvalue weighted by atomic mass is 16.5. The smallest absolute Gasteiger partial charge is 0.287 e. The fraction of sp³-hybridized carbons (Fsp3) is 0.464. The molecular weight excluding hydrogens is 484 g/mol. The van der Waals surface area contributed by atoms with Crippen LogP contribution in [0.4, 0.5) is 5.69 Å². The Balaban J connectivity index is 1.96. The third-order valence-electron chi connectivity index (χ3n) is 6.47. The second-order valence-corrected chi connectivity index (χ2v) is 10.2. The van der Waals surface area contributed by atoms with Gasteiger partial charge in [-0.3, -0.25) is 25.4 Å². The van der Waals surface area contributed by atoms with Crippen molar-refractivity contribution < 1.29 is 19.7 Å². The molecule has 2 aromatic rings. The van der Waals surface area contributed by atoms with Crippen LogP contribution >= 0.6 is 0 Å². The van der Waals surface area contributed by atoms with Crippen LogP contribution in [0.15, 0.2) is 36.4 Å². The fourth-order valence-corrected chi connectivity index (χ4v) is 4.27. The van der Waals surface area contributed by atoms with Crippen molar-refractivity contribution in [2.45, 2.75) is 39.7 Å². The van der Waals surface area contributed by atoms with Crippen molar-refractivity contribution in [2.24, 2.45) is 0 Å². The molecule has 10 heteroatoms. The molecule has 0 aromatic heterocycles. The number of para-hydroxylation sites is 2. The van der Waals surface area contributed by atoms with E-state index >= 15 is 0 Å². The van der Waals surface area contributed by atoms with E-state index in [4.69, 9.17) is 15.6 Å². The van der Waals surface area contributed by atoms with Crippen LogP contribution in [0.25, 0.3) is 0 Å². The third-order valence-corrected chi connectivity index (χ3v) is 6.47. The van der Waals surface area contributed by atoms with Gasteiger partial charge in [-0.25, -0.2) is 0 Å². The molecule has 3 rings (SSSR count). The Morgan fingerprint density at radius 3 is 2.34 bits per heavy atom. The van der Waals surface area contributed by atoms with Gasteiger partial charge in [0, 0.05) is 44.8 Å². The maximum absolute atomic E-state index is 12.9. The summed E-state index contributed by atoms with van der Waals surface area (Å²) in [4.78, 5) is 18.7. The number of aromatic hydroxyl groups is 2. The molecule has 1 aliphatic heterocycles. The molecule has 0 atom stereocenters. The number of amides is 1. The molecule has 0 saturated carbocycles. The Hall–Kier alpha value is -3.63. The van der Waals surface area contributed by atoms with Gasteiger partial charge in [-0.2, -0.15) is 0 Å². The number of nitrogens with one attached hydrogen (secondary N) is 3. The largest absolute Gasteiger partial charge is 0.508 e. The van der Waals surface area contributed by atoms with E-state index in [2.05, 4.69) is 22.2 Å². The van der Waals surface area contributed by atoms with Crippen LogP contribution in [0.3, 0.4) is 0 Å². The molecule has 0 unspecified atom stereocenters. The second kappa shape index (κ2) is 12.7. The first-order chi connectivity index (χ1) is 18.0. The summed E-state index contributed by atoms with van der Waals surface area (Å²) < 4.78 is 6.13. The van der Waals surface area contributed by atoms with Gasteiger partial charge in [-0.1, -0.05) is 26.0 Å². The topological polar surface area (TPSA) is 136 Å². The number of likely N-dealkylation sites (N-methyl/N-ethyl adjacent to an activating group) is 1. The van der Waals surface area contributed by atoms with Gasteiger partial charge in [0.1, 0.15) is 29.7 Å². The van der Waals surface area contributed by atoms with Crippen molar-refractivity contribution >= 4 is 23.3 Å². The molecule has 206 valence electrons. The minimum atomic E-state index is -0.667. The quantitative estimate of drug-likeness (QED) is 0.264. The molecule has 1 fully saturated rings. The Morgan fingerprint density at radius 1 is 1.05 bits per heavy atom. The third kappa shape index (κ3) is 7.02. The Labute approximate surface area is 224 Å². The van der Waals surface area contributed by atoms with E-state index in [1.807, 2.05) is 13.8 Å². The van der Waals surface area contributed by atoms with E-state index in [0.29, 0.717) is 23.6 Å². The zero-order chi connectivity index (χ0) is 28.0. The maximum Gasteiger partial charge on any atom is 0.287 e. The number of hydrogen-bond donors (Lipinski definition) is 5. The molecule has 2 aromatic carbocycles.